The summed E-state index contributed by atoms with van der Waals surface area (Å²) in [6, 6.07) is 0. The fourth-order valence-corrected chi connectivity index (χ4v) is 5.41. The normalized spacial score (nSPS) is 19.9. The molecule has 1 amide bonds. The lowest BCUT2D eigenvalue weighted by Gasteiger charge is -2.40. The number of fused-ring (bicyclic) bond motifs is 3. The maximum atomic E-state index is 13.6. The molecule has 1 spiro atoms. The summed E-state index contributed by atoms with van der Waals surface area (Å²) in [7, 11) is 1.33. The van der Waals surface area contributed by atoms with Crippen molar-refractivity contribution in [3.05, 3.63) is 26.3 Å². The summed E-state index contributed by atoms with van der Waals surface area (Å²) in [5.74, 6) is -0.0817. The summed E-state index contributed by atoms with van der Waals surface area (Å²) in [5.41, 5.74) is 0.300. The zero-order valence-electron chi connectivity index (χ0n) is 19.0. The number of rotatable bonds is 2. The Balaban J connectivity index is 1.76. The number of hydrogen-bond acceptors (Lipinski definition) is 7. The van der Waals surface area contributed by atoms with Crippen molar-refractivity contribution in [3.8, 4) is 0 Å². The van der Waals surface area contributed by atoms with E-state index in [1.807, 2.05) is 20.8 Å². The predicted octanol–water partition coefficient (Wildman–Crippen LogP) is 2.60. The molecular weight excluding hydrogens is 482 g/mol. The van der Waals surface area contributed by atoms with E-state index in [0.29, 0.717) is 37.3 Å². The lowest BCUT2D eigenvalue weighted by molar-refractivity contribution is -0.141. The Kier molecular flexibility index (Phi) is 5.59. The van der Waals surface area contributed by atoms with Crippen LogP contribution in [0.1, 0.15) is 64.1 Å². The van der Waals surface area contributed by atoms with Crippen LogP contribution in [0.5, 0.6) is 0 Å². The Labute approximate surface area is 194 Å². The summed E-state index contributed by atoms with van der Waals surface area (Å²) >= 11 is 3.25. The van der Waals surface area contributed by atoms with E-state index in [1.54, 1.807) is 9.47 Å². The third-order valence-corrected chi connectivity index (χ3v) is 6.68. The molecule has 4 rings (SSSR count). The summed E-state index contributed by atoms with van der Waals surface area (Å²) in [6.07, 6.45) is 1.70. The third-order valence-electron chi connectivity index (χ3n) is 6.34. The smallest absolute Gasteiger partial charge is 0.410 e. The first-order valence-corrected chi connectivity index (χ1v) is 11.5. The molecule has 1 saturated heterocycles. The molecule has 2 aliphatic rings. The fraction of sp³-hybridized carbons (Fsp3) is 0.667. The standard InChI is InChI=1S/C21H28BrN5O5/c1-12-10-21(6-8-25(9-7-21)19(30)32-20(2,3)4)14-15(12)26(11-13(28)31-5)18-23-17(22)24-27(18)16(14)29/h12H,6-11H2,1-5H3. The molecule has 0 aromatic carbocycles. The van der Waals surface area contributed by atoms with Crippen LogP contribution in [-0.4, -0.2) is 61.9 Å². The number of nitrogens with zero attached hydrogens (tertiary/aromatic N) is 5. The highest BCUT2D eigenvalue weighted by molar-refractivity contribution is 9.10. The number of likely N-dealkylation sites (tertiary alicyclic amines) is 1. The van der Waals surface area contributed by atoms with Gasteiger partial charge in [0.15, 0.2) is 0 Å². The van der Waals surface area contributed by atoms with E-state index in [1.165, 1.54) is 11.6 Å². The first-order chi connectivity index (χ1) is 15.0. The summed E-state index contributed by atoms with van der Waals surface area (Å²) in [6.45, 7) is 8.53. The zero-order chi connectivity index (χ0) is 23.4. The highest BCUT2D eigenvalue weighted by Gasteiger charge is 2.49. The Morgan fingerprint density at radius 3 is 2.50 bits per heavy atom. The Bertz CT molecular complexity index is 1140. The van der Waals surface area contributed by atoms with Crippen LogP contribution in [0.3, 0.4) is 0 Å². The van der Waals surface area contributed by atoms with Crippen molar-refractivity contribution in [1.29, 1.82) is 0 Å². The Morgan fingerprint density at radius 1 is 1.25 bits per heavy atom. The van der Waals surface area contributed by atoms with Crippen molar-refractivity contribution in [2.75, 3.05) is 20.2 Å². The molecule has 1 aliphatic heterocycles. The van der Waals surface area contributed by atoms with Gasteiger partial charge in [-0.2, -0.15) is 9.50 Å². The van der Waals surface area contributed by atoms with Crippen molar-refractivity contribution >= 4 is 33.8 Å². The molecule has 1 aliphatic carbocycles. The number of methoxy groups -OCH3 is 1. The zero-order valence-corrected chi connectivity index (χ0v) is 20.6. The average Bonchev–Trinajstić information content (AvgIpc) is 3.22. The van der Waals surface area contributed by atoms with E-state index in [0.717, 1.165) is 12.1 Å². The van der Waals surface area contributed by atoms with E-state index >= 15 is 0 Å². The molecule has 3 heterocycles. The third kappa shape index (κ3) is 3.80. The molecule has 0 bridgehead atoms. The van der Waals surface area contributed by atoms with Gasteiger partial charge in [-0.1, -0.05) is 6.92 Å². The van der Waals surface area contributed by atoms with Crippen molar-refractivity contribution in [3.63, 3.8) is 0 Å². The molecule has 0 N–H and O–H groups in total. The van der Waals surface area contributed by atoms with Gasteiger partial charge in [-0.25, -0.2) is 4.79 Å². The number of carbonyl (C=O) groups is 2. The van der Waals surface area contributed by atoms with Crippen LogP contribution >= 0.6 is 15.9 Å². The second kappa shape index (κ2) is 7.86. The minimum absolute atomic E-state index is 0.0379. The molecule has 2 aromatic heterocycles. The van der Waals surface area contributed by atoms with Gasteiger partial charge in [0.2, 0.25) is 10.5 Å². The van der Waals surface area contributed by atoms with Gasteiger partial charge in [-0.15, -0.1) is 5.10 Å². The highest BCUT2D eigenvalue weighted by atomic mass is 79.9. The van der Waals surface area contributed by atoms with Gasteiger partial charge >= 0.3 is 12.1 Å². The van der Waals surface area contributed by atoms with Gasteiger partial charge in [0.25, 0.3) is 5.56 Å². The quantitative estimate of drug-likeness (QED) is 0.572. The van der Waals surface area contributed by atoms with Crippen LogP contribution in [0.25, 0.3) is 5.78 Å². The molecule has 32 heavy (non-hydrogen) atoms. The highest BCUT2D eigenvalue weighted by Crippen LogP contribution is 2.50. The van der Waals surface area contributed by atoms with Crippen LogP contribution in [-0.2, 0) is 26.2 Å². The van der Waals surface area contributed by atoms with Crippen molar-refractivity contribution in [1.82, 2.24) is 24.1 Å². The molecular formula is C21H28BrN5O5. The first-order valence-electron chi connectivity index (χ1n) is 10.7. The molecule has 1 atom stereocenters. The molecule has 2 aromatic rings. The largest absolute Gasteiger partial charge is 0.468 e. The minimum Gasteiger partial charge on any atom is -0.468 e. The predicted molar refractivity (Wildman–Crippen MR) is 119 cm³/mol. The number of carbonyl (C=O) groups excluding carboxylic acids is 2. The van der Waals surface area contributed by atoms with Crippen LogP contribution in [0.4, 0.5) is 4.79 Å². The van der Waals surface area contributed by atoms with Crippen LogP contribution in [0.2, 0.25) is 0 Å². The maximum Gasteiger partial charge on any atom is 0.410 e. The maximum absolute atomic E-state index is 13.6. The second-order valence-corrected chi connectivity index (χ2v) is 10.4. The Morgan fingerprint density at radius 2 is 1.91 bits per heavy atom. The minimum atomic E-state index is -0.561. The number of ether oxygens (including phenoxy) is 2. The molecule has 174 valence electrons. The van der Waals surface area contributed by atoms with Gasteiger partial charge in [0, 0.05) is 29.8 Å². The van der Waals surface area contributed by atoms with Crippen LogP contribution in [0.15, 0.2) is 9.53 Å². The van der Waals surface area contributed by atoms with E-state index in [4.69, 9.17) is 9.47 Å². The van der Waals surface area contributed by atoms with Gasteiger partial charge < -0.3 is 18.9 Å². The van der Waals surface area contributed by atoms with Crippen molar-refractivity contribution < 1.29 is 19.1 Å². The van der Waals surface area contributed by atoms with Gasteiger partial charge in [-0.3, -0.25) is 9.59 Å². The molecule has 1 fully saturated rings. The summed E-state index contributed by atoms with van der Waals surface area (Å²) in [5, 5.41) is 4.22. The summed E-state index contributed by atoms with van der Waals surface area (Å²) in [4.78, 5) is 44.3. The number of esters is 1. The Hall–Kier alpha value is -2.43. The van der Waals surface area contributed by atoms with E-state index in [9.17, 15) is 14.4 Å². The van der Waals surface area contributed by atoms with Crippen LogP contribution in [0, 0.1) is 0 Å². The van der Waals surface area contributed by atoms with Crippen molar-refractivity contribution in [2.24, 2.45) is 0 Å². The molecule has 1 unspecified atom stereocenters. The average molecular weight is 510 g/mol. The molecule has 10 nitrogen and oxygen atoms in total. The monoisotopic (exact) mass is 509 g/mol. The lowest BCUT2D eigenvalue weighted by Crippen LogP contribution is -2.47. The summed E-state index contributed by atoms with van der Waals surface area (Å²) < 4.78 is 13.7. The SMILES string of the molecule is COC(=O)Cn1c2c(c(=O)n3nc(Br)nc13)C1(CCN(C(=O)OC(C)(C)C)CC1)CC2C. The van der Waals surface area contributed by atoms with E-state index in [-0.39, 0.29) is 28.8 Å². The molecule has 0 radical (unpaired) electrons. The van der Waals surface area contributed by atoms with Crippen LogP contribution < -0.4 is 5.56 Å². The number of piperidine rings is 1. The van der Waals surface area contributed by atoms with Crippen molar-refractivity contribution in [2.45, 2.75) is 70.4 Å². The van der Waals surface area contributed by atoms with Gasteiger partial charge in [0.1, 0.15) is 12.1 Å². The number of halogens is 1. The van der Waals surface area contributed by atoms with E-state index < -0.39 is 17.0 Å². The van der Waals surface area contributed by atoms with E-state index in [2.05, 4.69) is 32.9 Å². The van der Waals surface area contributed by atoms with Gasteiger partial charge in [0.05, 0.1) is 7.11 Å². The lowest BCUT2D eigenvalue weighted by atomic mass is 9.74. The number of hydrogen-bond donors (Lipinski definition) is 0. The van der Waals surface area contributed by atoms with Gasteiger partial charge in [-0.05, 0) is 61.9 Å². The number of amides is 1. The topological polar surface area (TPSA) is 108 Å². The first kappa shape index (κ1) is 22.8. The number of aromatic nitrogens is 4. The molecule has 0 saturated carbocycles. The second-order valence-electron chi connectivity index (χ2n) is 9.67. The molecule has 11 heteroatoms. The fourth-order valence-electron chi connectivity index (χ4n) is 5.09.